The summed E-state index contributed by atoms with van der Waals surface area (Å²) >= 11 is 1.89. The van der Waals surface area contributed by atoms with Gasteiger partial charge in [-0.25, -0.2) is 0 Å². The highest BCUT2D eigenvalue weighted by Gasteiger charge is 2.00. The number of benzene rings is 1. The van der Waals surface area contributed by atoms with Crippen LogP contribution in [0.25, 0.3) is 0 Å². The Kier molecular flexibility index (Phi) is 3.96. The molecule has 0 saturated heterocycles. The lowest BCUT2D eigenvalue weighted by atomic mass is 10.2. The molecule has 1 aromatic rings. The van der Waals surface area contributed by atoms with Crippen molar-refractivity contribution in [1.82, 2.24) is 0 Å². The SMILES string of the molecule is CCSCc1ccc(N)c(OC)c1. The van der Waals surface area contributed by atoms with Gasteiger partial charge in [-0.05, 0) is 23.4 Å². The molecule has 0 amide bonds. The molecule has 1 rings (SSSR count). The van der Waals surface area contributed by atoms with E-state index in [0.29, 0.717) is 5.69 Å². The van der Waals surface area contributed by atoms with E-state index in [9.17, 15) is 0 Å². The number of nitrogen functional groups attached to an aromatic ring is 1. The van der Waals surface area contributed by atoms with Crippen LogP contribution in [0.3, 0.4) is 0 Å². The molecular weight excluding hydrogens is 182 g/mol. The summed E-state index contributed by atoms with van der Waals surface area (Å²) in [7, 11) is 1.64. The number of hydrogen-bond acceptors (Lipinski definition) is 3. The summed E-state index contributed by atoms with van der Waals surface area (Å²) in [4.78, 5) is 0. The van der Waals surface area contributed by atoms with Gasteiger partial charge in [0, 0.05) is 5.75 Å². The van der Waals surface area contributed by atoms with E-state index < -0.39 is 0 Å². The second-order valence-electron chi connectivity index (χ2n) is 2.71. The van der Waals surface area contributed by atoms with Crippen LogP contribution in [-0.2, 0) is 5.75 Å². The Balaban J connectivity index is 2.74. The predicted octanol–water partition coefficient (Wildman–Crippen LogP) is 2.53. The molecule has 0 saturated carbocycles. The predicted molar refractivity (Wildman–Crippen MR) is 59.2 cm³/mol. The summed E-state index contributed by atoms with van der Waals surface area (Å²) in [5, 5.41) is 0. The molecule has 0 unspecified atom stereocenters. The topological polar surface area (TPSA) is 35.2 Å². The van der Waals surface area contributed by atoms with Crippen molar-refractivity contribution >= 4 is 17.4 Å². The molecule has 0 heterocycles. The molecule has 72 valence electrons. The summed E-state index contributed by atoms with van der Waals surface area (Å²) in [6.45, 7) is 2.15. The van der Waals surface area contributed by atoms with Crippen molar-refractivity contribution in [2.45, 2.75) is 12.7 Å². The van der Waals surface area contributed by atoms with Gasteiger partial charge >= 0.3 is 0 Å². The molecule has 2 nitrogen and oxygen atoms in total. The van der Waals surface area contributed by atoms with Crippen molar-refractivity contribution < 1.29 is 4.74 Å². The van der Waals surface area contributed by atoms with Gasteiger partial charge in [-0.3, -0.25) is 0 Å². The lowest BCUT2D eigenvalue weighted by molar-refractivity contribution is 0.416. The summed E-state index contributed by atoms with van der Waals surface area (Å²) < 4.78 is 5.13. The van der Waals surface area contributed by atoms with Crippen LogP contribution < -0.4 is 10.5 Å². The van der Waals surface area contributed by atoms with Crippen molar-refractivity contribution in [2.24, 2.45) is 0 Å². The standard InChI is InChI=1S/C10H15NOS/c1-3-13-7-8-4-5-9(11)10(6-8)12-2/h4-6H,3,7,11H2,1-2H3. The molecule has 0 aliphatic carbocycles. The van der Waals surface area contributed by atoms with Crippen LogP contribution >= 0.6 is 11.8 Å². The molecule has 2 N–H and O–H groups in total. The van der Waals surface area contributed by atoms with Gasteiger partial charge in [-0.1, -0.05) is 13.0 Å². The second kappa shape index (κ2) is 5.02. The van der Waals surface area contributed by atoms with E-state index in [1.165, 1.54) is 5.56 Å². The van der Waals surface area contributed by atoms with E-state index >= 15 is 0 Å². The van der Waals surface area contributed by atoms with Crippen LogP contribution in [0.1, 0.15) is 12.5 Å². The minimum absolute atomic E-state index is 0.702. The summed E-state index contributed by atoms with van der Waals surface area (Å²) in [6, 6.07) is 5.93. The number of methoxy groups -OCH3 is 1. The quantitative estimate of drug-likeness (QED) is 0.753. The first-order valence-electron chi connectivity index (χ1n) is 4.28. The Labute approximate surface area is 83.5 Å². The maximum absolute atomic E-state index is 5.70. The van der Waals surface area contributed by atoms with Gasteiger partial charge in [0.1, 0.15) is 5.75 Å². The number of thioether (sulfide) groups is 1. The molecule has 0 aliphatic rings. The van der Waals surface area contributed by atoms with Gasteiger partial charge in [0.05, 0.1) is 12.8 Å². The second-order valence-corrected chi connectivity index (χ2v) is 3.99. The molecule has 0 atom stereocenters. The fourth-order valence-electron chi connectivity index (χ4n) is 1.07. The Morgan fingerprint density at radius 3 is 2.85 bits per heavy atom. The van der Waals surface area contributed by atoms with Gasteiger partial charge in [0.25, 0.3) is 0 Å². The van der Waals surface area contributed by atoms with Crippen molar-refractivity contribution in [2.75, 3.05) is 18.6 Å². The molecular formula is C10H15NOS. The highest BCUT2D eigenvalue weighted by atomic mass is 32.2. The Bertz CT molecular complexity index is 276. The smallest absolute Gasteiger partial charge is 0.142 e. The van der Waals surface area contributed by atoms with Crippen LogP contribution in [0.5, 0.6) is 5.75 Å². The third-order valence-corrected chi connectivity index (χ3v) is 2.72. The van der Waals surface area contributed by atoms with E-state index in [0.717, 1.165) is 17.3 Å². The van der Waals surface area contributed by atoms with Crippen LogP contribution in [0.2, 0.25) is 0 Å². The summed E-state index contributed by atoms with van der Waals surface area (Å²) in [6.07, 6.45) is 0. The lowest BCUT2D eigenvalue weighted by Gasteiger charge is -2.06. The van der Waals surface area contributed by atoms with E-state index in [1.807, 2.05) is 30.0 Å². The highest BCUT2D eigenvalue weighted by molar-refractivity contribution is 7.98. The normalized spacial score (nSPS) is 10.0. The van der Waals surface area contributed by atoms with Gasteiger partial charge < -0.3 is 10.5 Å². The van der Waals surface area contributed by atoms with Gasteiger partial charge in [-0.15, -0.1) is 0 Å². The molecule has 1 aromatic carbocycles. The van der Waals surface area contributed by atoms with Crippen molar-refractivity contribution in [3.05, 3.63) is 23.8 Å². The minimum atomic E-state index is 0.702. The Morgan fingerprint density at radius 1 is 1.46 bits per heavy atom. The summed E-state index contributed by atoms with van der Waals surface area (Å²) in [5.41, 5.74) is 7.66. The van der Waals surface area contributed by atoms with Gasteiger partial charge in [0.2, 0.25) is 0 Å². The summed E-state index contributed by atoms with van der Waals surface area (Å²) in [5.74, 6) is 2.93. The van der Waals surface area contributed by atoms with Crippen molar-refractivity contribution in [3.63, 3.8) is 0 Å². The molecule has 13 heavy (non-hydrogen) atoms. The molecule has 0 fully saturated rings. The minimum Gasteiger partial charge on any atom is -0.495 e. The molecule has 0 aromatic heterocycles. The number of ether oxygens (including phenoxy) is 1. The van der Waals surface area contributed by atoms with Crippen LogP contribution in [0.4, 0.5) is 5.69 Å². The first-order valence-corrected chi connectivity index (χ1v) is 5.43. The number of rotatable bonds is 4. The molecule has 0 bridgehead atoms. The van der Waals surface area contributed by atoms with Gasteiger partial charge in [-0.2, -0.15) is 11.8 Å². The molecule has 0 radical (unpaired) electrons. The third-order valence-electron chi connectivity index (χ3n) is 1.77. The van der Waals surface area contributed by atoms with Crippen LogP contribution in [0.15, 0.2) is 18.2 Å². The van der Waals surface area contributed by atoms with E-state index in [4.69, 9.17) is 10.5 Å². The fourth-order valence-corrected chi connectivity index (χ4v) is 1.68. The Hall–Kier alpha value is -0.830. The monoisotopic (exact) mass is 197 g/mol. The van der Waals surface area contributed by atoms with Crippen LogP contribution in [-0.4, -0.2) is 12.9 Å². The van der Waals surface area contributed by atoms with Crippen molar-refractivity contribution in [3.8, 4) is 5.75 Å². The zero-order valence-electron chi connectivity index (χ0n) is 8.04. The molecule has 0 spiro atoms. The van der Waals surface area contributed by atoms with Crippen LogP contribution in [0, 0.1) is 0 Å². The molecule has 0 aliphatic heterocycles. The highest BCUT2D eigenvalue weighted by Crippen LogP contribution is 2.24. The first-order chi connectivity index (χ1) is 6.27. The molecule has 3 heteroatoms. The van der Waals surface area contributed by atoms with E-state index in [1.54, 1.807) is 7.11 Å². The maximum atomic E-state index is 5.70. The zero-order valence-corrected chi connectivity index (χ0v) is 8.86. The number of hydrogen-bond donors (Lipinski definition) is 1. The van der Waals surface area contributed by atoms with Crippen molar-refractivity contribution in [1.29, 1.82) is 0 Å². The lowest BCUT2D eigenvalue weighted by Crippen LogP contribution is -1.93. The van der Waals surface area contributed by atoms with Gasteiger partial charge in [0.15, 0.2) is 0 Å². The Morgan fingerprint density at radius 2 is 2.23 bits per heavy atom. The third kappa shape index (κ3) is 2.84. The average Bonchev–Trinajstić information content (AvgIpc) is 2.16. The fraction of sp³-hybridized carbons (Fsp3) is 0.400. The maximum Gasteiger partial charge on any atom is 0.142 e. The first kappa shape index (κ1) is 10.3. The number of nitrogens with two attached hydrogens (primary N) is 1. The largest absolute Gasteiger partial charge is 0.495 e. The zero-order chi connectivity index (χ0) is 9.68. The average molecular weight is 197 g/mol. The van der Waals surface area contributed by atoms with E-state index in [2.05, 4.69) is 6.92 Å². The van der Waals surface area contributed by atoms with E-state index in [-0.39, 0.29) is 0 Å². The number of anilines is 1.